The number of carbonyl (C=O) groups excluding carboxylic acids is 2. The van der Waals surface area contributed by atoms with Gasteiger partial charge in [0.15, 0.2) is 0 Å². The number of hydrogen-bond donors (Lipinski definition) is 3. The summed E-state index contributed by atoms with van der Waals surface area (Å²) < 4.78 is 0. The van der Waals surface area contributed by atoms with Gasteiger partial charge in [-0.05, 0) is 23.1 Å². The third-order valence-electron chi connectivity index (χ3n) is 5.59. The Morgan fingerprint density at radius 1 is 1.30 bits per heavy atom. The highest BCUT2D eigenvalue weighted by molar-refractivity contribution is 6.10. The number of carbonyl (C=O) groups is 2. The van der Waals surface area contributed by atoms with Crippen molar-refractivity contribution in [3.63, 3.8) is 0 Å². The SMILES string of the molecule is CC(C)c1ccc2c(c1)C1(CC(=O)NC3NNCC31)C(=O)N2C. The van der Waals surface area contributed by atoms with Gasteiger partial charge in [0.05, 0.1) is 11.6 Å². The number of nitrogens with zero attached hydrogens (tertiary/aromatic N) is 1. The lowest BCUT2D eigenvalue weighted by atomic mass is 9.65. The zero-order valence-electron chi connectivity index (χ0n) is 13.6. The van der Waals surface area contributed by atoms with Crippen LogP contribution in [0.15, 0.2) is 18.2 Å². The summed E-state index contributed by atoms with van der Waals surface area (Å²) >= 11 is 0. The van der Waals surface area contributed by atoms with Gasteiger partial charge in [0, 0.05) is 31.6 Å². The van der Waals surface area contributed by atoms with Crippen LogP contribution < -0.4 is 21.1 Å². The van der Waals surface area contributed by atoms with Crippen LogP contribution in [0.1, 0.15) is 37.3 Å². The fraction of sp³-hybridized carbons (Fsp3) is 0.529. The number of anilines is 1. The van der Waals surface area contributed by atoms with E-state index in [0.717, 1.165) is 11.3 Å². The van der Waals surface area contributed by atoms with Crippen LogP contribution in [0.3, 0.4) is 0 Å². The third kappa shape index (κ3) is 1.82. The number of benzene rings is 1. The van der Waals surface area contributed by atoms with Crippen LogP contribution in [0.25, 0.3) is 0 Å². The van der Waals surface area contributed by atoms with Gasteiger partial charge in [0.25, 0.3) is 0 Å². The Morgan fingerprint density at radius 3 is 2.83 bits per heavy atom. The van der Waals surface area contributed by atoms with Gasteiger partial charge in [0.2, 0.25) is 11.8 Å². The van der Waals surface area contributed by atoms with E-state index < -0.39 is 5.41 Å². The predicted octanol–water partition coefficient (Wildman–Crippen LogP) is 0.594. The molecule has 0 aliphatic carbocycles. The molecular formula is C17H22N4O2. The molecule has 4 rings (SSSR count). The van der Waals surface area contributed by atoms with Gasteiger partial charge < -0.3 is 10.2 Å². The molecule has 3 aliphatic rings. The van der Waals surface area contributed by atoms with Gasteiger partial charge in [-0.3, -0.25) is 15.0 Å². The van der Waals surface area contributed by atoms with Crippen molar-refractivity contribution < 1.29 is 9.59 Å². The first-order valence-corrected chi connectivity index (χ1v) is 8.15. The lowest BCUT2D eigenvalue weighted by Crippen LogP contribution is -2.61. The second-order valence-corrected chi connectivity index (χ2v) is 7.12. The van der Waals surface area contributed by atoms with Gasteiger partial charge in [0.1, 0.15) is 0 Å². The monoisotopic (exact) mass is 314 g/mol. The molecule has 122 valence electrons. The minimum atomic E-state index is -0.765. The fourth-order valence-electron chi connectivity index (χ4n) is 4.32. The highest BCUT2D eigenvalue weighted by Crippen LogP contribution is 2.51. The minimum Gasteiger partial charge on any atom is -0.339 e. The largest absolute Gasteiger partial charge is 0.339 e. The number of amides is 2. The third-order valence-corrected chi connectivity index (χ3v) is 5.59. The summed E-state index contributed by atoms with van der Waals surface area (Å²) in [7, 11) is 1.81. The smallest absolute Gasteiger partial charge is 0.238 e. The summed E-state index contributed by atoms with van der Waals surface area (Å²) in [6, 6.07) is 6.24. The van der Waals surface area contributed by atoms with Crippen molar-refractivity contribution in [2.24, 2.45) is 5.92 Å². The molecule has 6 heteroatoms. The summed E-state index contributed by atoms with van der Waals surface area (Å²) in [4.78, 5) is 27.2. The minimum absolute atomic E-state index is 0.0128. The second kappa shape index (κ2) is 4.79. The van der Waals surface area contributed by atoms with E-state index >= 15 is 0 Å². The molecule has 0 radical (unpaired) electrons. The quantitative estimate of drug-likeness (QED) is 0.709. The van der Waals surface area contributed by atoms with Gasteiger partial charge in [-0.1, -0.05) is 26.0 Å². The molecule has 1 spiro atoms. The second-order valence-electron chi connectivity index (χ2n) is 7.12. The molecule has 3 atom stereocenters. The summed E-state index contributed by atoms with van der Waals surface area (Å²) in [5.41, 5.74) is 8.57. The van der Waals surface area contributed by atoms with E-state index in [0.29, 0.717) is 12.5 Å². The number of rotatable bonds is 1. The molecule has 23 heavy (non-hydrogen) atoms. The number of nitrogens with one attached hydrogen (secondary N) is 3. The molecule has 0 saturated carbocycles. The first-order chi connectivity index (χ1) is 10.9. The molecule has 3 aliphatic heterocycles. The number of hydrazine groups is 1. The standard InChI is InChI=1S/C17H22N4O2/c1-9(2)10-4-5-13-11(6-10)17(16(23)21(13)3)7-14(22)19-15-12(17)8-18-20-15/h4-6,9,12,15,18,20H,7-8H2,1-3H3,(H,19,22). The predicted molar refractivity (Wildman–Crippen MR) is 86.8 cm³/mol. The Kier molecular flexibility index (Phi) is 3.05. The molecule has 3 heterocycles. The van der Waals surface area contributed by atoms with Crippen molar-refractivity contribution in [3.05, 3.63) is 29.3 Å². The summed E-state index contributed by atoms with van der Waals surface area (Å²) in [5.74, 6) is 0.348. The van der Waals surface area contributed by atoms with E-state index in [2.05, 4.69) is 42.1 Å². The van der Waals surface area contributed by atoms with Crippen molar-refractivity contribution in [1.29, 1.82) is 0 Å². The molecule has 0 bridgehead atoms. The normalized spacial score (nSPS) is 32.4. The van der Waals surface area contributed by atoms with E-state index in [1.54, 1.807) is 4.90 Å². The molecule has 2 saturated heterocycles. The van der Waals surface area contributed by atoms with E-state index in [1.165, 1.54) is 5.56 Å². The van der Waals surface area contributed by atoms with Gasteiger partial charge in [-0.15, -0.1) is 0 Å². The van der Waals surface area contributed by atoms with Crippen molar-refractivity contribution in [2.75, 3.05) is 18.5 Å². The van der Waals surface area contributed by atoms with Gasteiger partial charge >= 0.3 is 0 Å². The molecule has 3 N–H and O–H groups in total. The van der Waals surface area contributed by atoms with Crippen LogP contribution in [-0.4, -0.2) is 31.6 Å². The molecule has 6 nitrogen and oxygen atoms in total. The maximum absolute atomic E-state index is 13.2. The van der Waals surface area contributed by atoms with Crippen molar-refractivity contribution in [1.82, 2.24) is 16.2 Å². The maximum atomic E-state index is 13.2. The van der Waals surface area contributed by atoms with E-state index in [1.807, 2.05) is 13.1 Å². The number of fused-ring (bicyclic) bond motifs is 4. The highest BCUT2D eigenvalue weighted by atomic mass is 16.2. The lowest BCUT2D eigenvalue weighted by molar-refractivity contribution is -0.135. The Labute approximate surface area is 135 Å². The van der Waals surface area contributed by atoms with Crippen LogP contribution in [0.2, 0.25) is 0 Å². The molecule has 0 aromatic heterocycles. The zero-order valence-corrected chi connectivity index (χ0v) is 13.6. The van der Waals surface area contributed by atoms with E-state index in [4.69, 9.17) is 0 Å². The lowest BCUT2D eigenvalue weighted by Gasteiger charge is -2.40. The fourth-order valence-corrected chi connectivity index (χ4v) is 4.32. The van der Waals surface area contributed by atoms with Crippen molar-refractivity contribution in [3.8, 4) is 0 Å². The molecule has 2 fully saturated rings. The average molecular weight is 314 g/mol. The Hall–Kier alpha value is -1.92. The summed E-state index contributed by atoms with van der Waals surface area (Å²) in [6.07, 6.45) is 0.0113. The van der Waals surface area contributed by atoms with E-state index in [-0.39, 0.29) is 30.3 Å². The maximum Gasteiger partial charge on any atom is 0.238 e. The molecular weight excluding hydrogens is 292 g/mol. The van der Waals surface area contributed by atoms with Crippen molar-refractivity contribution >= 4 is 17.5 Å². The van der Waals surface area contributed by atoms with E-state index in [9.17, 15) is 9.59 Å². The number of likely N-dealkylation sites (N-methyl/N-ethyl adjacent to an activating group) is 1. The molecule has 1 aromatic carbocycles. The zero-order chi connectivity index (χ0) is 16.4. The first kappa shape index (κ1) is 14.7. The van der Waals surface area contributed by atoms with Crippen LogP contribution in [-0.2, 0) is 15.0 Å². The Balaban J connectivity index is 1.93. The average Bonchev–Trinajstić information content (AvgIpc) is 3.06. The van der Waals surface area contributed by atoms with Crippen LogP contribution in [0.5, 0.6) is 0 Å². The number of hydrogen-bond acceptors (Lipinski definition) is 4. The number of piperidine rings is 1. The summed E-state index contributed by atoms with van der Waals surface area (Å²) in [5, 5.41) is 2.95. The Morgan fingerprint density at radius 2 is 2.09 bits per heavy atom. The first-order valence-electron chi connectivity index (χ1n) is 8.15. The van der Waals surface area contributed by atoms with Crippen LogP contribution >= 0.6 is 0 Å². The van der Waals surface area contributed by atoms with Crippen LogP contribution in [0, 0.1) is 5.92 Å². The summed E-state index contributed by atoms with van der Waals surface area (Å²) in [6.45, 7) is 4.95. The highest BCUT2D eigenvalue weighted by Gasteiger charge is 2.61. The van der Waals surface area contributed by atoms with Gasteiger partial charge in [-0.25, -0.2) is 5.43 Å². The molecule has 3 unspecified atom stereocenters. The Bertz CT molecular complexity index is 702. The topological polar surface area (TPSA) is 73.5 Å². The van der Waals surface area contributed by atoms with Crippen LogP contribution in [0.4, 0.5) is 5.69 Å². The molecule has 1 aromatic rings. The van der Waals surface area contributed by atoms with Crippen molar-refractivity contribution in [2.45, 2.75) is 37.8 Å². The van der Waals surface area contributed by atoms with Gasteiger partial charge in [-0.2, -0.15) is 0 Å². The molecule has 2 amide bonds.